The summed E-state index contributed by atoms with van der Waals surface area (Å²) < 4.78 is 43.8. The SMILES string of the molecule is Cc1cc(C)cc(-c2ncn(-c3ccccc3C)[n+]2C)c1.Cc1cccc2c1-n1c(nc[n+]1C)C(C)(C)C2(C)C.Cc1cccc2c1-n1c(nc[n+]1C)C(C)(C)C2(C)C.Cc1ccccc1-n1cnc(-c2ccccc2)[n+]1C.[2H]C([2H])([2H])c1cc(C)cc(-c2ncn(-c3ccccc3C)[n+]2C)c1. The molecule has 0 N–H and O–H groups in total. The van der Waals surface area contributed by atoms with Gasteiger partial charge in [0.1, 0.15) is 35.2 Å². The Morgan fingerprint density at radius 3 is 0.990 bits per heavy atom. The molecule has 15 heteroatoms. The largest absolute Gasteiger partial charge is 0.350 e. The average Bonchev–Trinajstić information content (AvgIpc) is 1.33. The van der Waals surface area contributed by atoms with Gasteiger partial charge in [0.25, 0.3) is 11.6 Å². The second kappa shape index (κ2) is 27.4. The van der Waals surface area contributed by atoms with Crippen LogP contribution in [0.4, 0.5) is 0 Å². The second-order valence-electron chi connectivity index (χ2n) is 28.8. The van der Waals surface area contributed by atoms with Crippen LogP contribution in [0.1, 0.15) is 132 Å². The Balaban J connectivity index is 0.000000128. The van der Waals surface area contributed by atoms with E-state index in [1.54, 1.807) is 18.5 Å². The van der Waals surface area contributed by atoms with Gasteiger partial charge < -0.3 is 0 Å². The molecule has 0 unspecified atom stereocenters. The highest BCUT2D eigenvalue weighted by Gasteiger charge is 2.53. The van der Waals surface area contributed by atoms with Crippen LogP contribution >= 0.6 is 0 Å². The van der Waals surface area contributed by atoms with E-state index < -0.39 is 6.85 Å². The van der Waals surface area contributed by atoms with Crippen LogP contribution in [0, 0.1) is 62.2 Å². The minimum absolute atomic E-state index is 0.00491. The maximum Gasteiger partial charge on any atom is 0.350 e. The third-order valence-electron chi connectivity index (χ3n) is 20.9. The minimum atomic E-state index is -2.13. The van der Waals surface area contributed by atoms with Crippen LogP contribution in [-0.4, -0.2) is 48.3 Å². The van der Waals surface area contributed by atoms with Gasteiger partial charge in [-0.25, -0.2) is 0 Å². The van der Waals surface area contributed by atoms with E-state index in [1.165, 1.54) is 55.9 Å². The number of fused-ring (bicyclic) bond motifs is 6. The Morgan fingerprint density at radius 1 is 0.323 bits per heavy atom. The van der Waals surface area contributed by atoms with E-state index in [1.807, 2.05) is 117 Å². The highest BCUT2D eigenvalue weighted by atomic mass is 15.5. The highest BCUT2D eigenvalue weighted by Crippen LogP contribution is 2.50. The summed E-state index contributed by atoms with van der Waals surface area (Å²) in [5.41, 5.74) is 21.9. The summed E-state index contributed by atoms with van der Waals surface area (Å²) >= 11 is 0. The topological polar surface area (TPSA) is 108 Å². The van der Waals surface area contributed by atoms with Crippen molar-refractivity contribution >= 4 is 0 Å². The van der Waals surface area contributed by atoms with Gasteiger partial charge in [0.15, 0.2) is 0 Å². The van der Waals surface area contributed by atoms with Crippen molar-refractivity contribution in [1.29, 1.82) is 0 Å². The molecule has 506 valence electrons. The number of nitrogens with zero attached hydrogens (tertiary/aromatic N) is 15. The molecule has 5 aromatic heterocycles. The summed E-state index contributed by atoms with van der Waals surface area (Å²) in [5.74, 6) is 4.95. The van der Waals surface area contributed by atoms with Gasteiger partial charge in [0.05, 0.1) is 56.0 Å². The van der Waals surface area contributed by atoms with E-state index in [-0.39, 0.29) is 21.7 Å². The summed E-state index contributed by atoms with van der Waals surface area (Å²) in [5, 5.41) is 0. The fourth-order valence-corrected chi connectivity index (χ4v) is 13.9. The number of hydrogen-bond donors (Lipinski definition) is 0. The zero-order valence-electron chi connectivity index (χ0n) is 64.8. The van der Waals surface area contributed by atoms with Crippen LogP contribution < -0.4 is 23.4 Å². The predicted molar refractivity (Wildman–Crippen MR) is 395 cm³/mol. The highest BCUT2D eigenvalue weighted by molar-refractivity contribution is 5.59. The molecule has 0 atom stereocenters. The van der Waals surface area contributed by atoms with Crippen molar-refractivity contribution < 1.29 is 27.5 Å². The Kier molecular flexibility index (Phi) is 18.2. The molecule has 8 aromatic carbocycles. The molecule has 13 aromatic rings. The third kappa shape index (κ3) is 13.0. The van der Waals surface area contributed by atoms with Crippen LogP contribution in [0.3, 0.4) is 0 Å². The lowest BCUT2D eigenvalue weighted by molar-refractivity contribution is -0.746. The third-order valence-corrected chi connectivity index (χ3v) is 20.9. The Bertz CT molecular complexity index is 5090. The zero-order valence-corrected chi connectivity index (χ0v) is 61.8. The van der Waals surface area contributed by atoms with E-state index >= 15 is 0 Å². The molecule has 99 heavy (non-hydrogen) atoms. The van der Waals surface area contributed by atoms with Gasteiger partial charge in [-0.05, 0) is 231 Å². The van der Waals surface area contributed by atoms with Crippen LogP contribution in [0.5, 0.6) is 0 Å². The number of rotatable bonds is 6. The Labute approximate surface area is 590 Å². The van der Waals surface area contributed by atoms with E-state index in [0.29, 0.717) is 5.56 Å². The van der Waals surface area contributed by atoms with Crippen molar-refractivity contribution in [3.8, 4) is 62.6 Å². The predicted octanol–water partition coefficient (Wildman–Crippen LogP) is 14.4. The van der Waals surface area contributed by atoms with Crippen molar-refractivity contribution in [1.82, 2.24) is 48.3 Å². The lowest BCUT2D eigenvalue weighted by Crippen LogP contribution is -2.51. The van der Waals surface area contributed by atoms with Crippen LogP contribution in [0.2, 0.25) is 0 Å². The lowest BCUT2D eigenvalue weighted by atomic mass is 9.61. The van der Waals surface area contributed by atoms with Crippen LogP contribution in [0.15, 0.2) is 208 Å². The van der Waals surface area contributed by atoms with E-state index in [9.17, 15) is 0 Å². The summed E-state index contributed by atoms with van der Waals surface area (Å²) in [7, 11) is 10.1. The number of aryl methyl sites for hydroxylation is 11. The van der Waals surface area contributed by atoms with Gasteiger partial charge in [0.2, 0.25) is 19.0 Å². The molecule has 0 radical (unpaired) electrons. The Hall–Kier alpha value is -10.5. The quantitative estimate of drug-likeness (QED) is 0.154. The molecule has 0 fully saturated rings. The molecule has 0 aliphatic carbocycles. The molecule has 0 amide bonds. The number of hydrogen-bond acceptors (Lipinski definition) is 5. The summed E-state index contributed by atoms with van der Waals surface area (Å²) in [6.45, 7) is 33.1. The minimum Gasteiger partial charge on any atom is -0.154 e. The first-order valence-corrected chi connectivity index (χ1v) is 34.0. The number of benzene rings is 8. The summed E-state index contributed by atoms with van der Waals surface area (Å²) in [6.07, 6.45) is 9.33. The first kappa shape index (κ1) is 65.7. The zero-order chi connectivity index (χ0) is 73.7. The summed E-state index contributed by atoms with van der Waals surface area (Å²) in [4.78, 5) is 23.0. The molecule has 0 saturated carbocycles. The normalized spacial score (nSPS) is 14.5. The first-order valence-electron chi connectivity index (χ1n) is 35.5. The number of aromatic nitrogens is 15. The smallest absolute Gasteiger partial charge is 0.154 e. The monoisotopic (exact) mass is 1320 g/mol. The van der Waals surface area contributed by atoms with Crippen molar-refractivity contribution in [2.45, 2.75) is 139 Å². The molecule has 0 bridgehead atoms. The molecular weight excluding hydrogens is 1220 g/mol. The first-order chi connectivity index (χ1) is 48.2. The van der Waals surface area contributed by atoms with Gasteiger partial charge in [-0.2, -0.15) is 9.36 Å². The van der Waals surface area contributed by atoms with Crippen molar-refractivity contribution in [3.05, 3.63) is 280 Å². The van der Waals surface area contributed by atoms with Gasteiger partial charge in [-0.3, -0.25) is 0 Å². The summed E-state index contributed by atoms with van der Waals surface area (Å²) in [6, 6.07) is 60.0. The van der Waals surface area contributed by atoms with E-state index in [2.05, 4.69) is 290 Å². The van der Waals surface area contributed by atoms with Gasteiger partial charge in [-0.15, -0.1) is 37.5 Å². The van der Waals surface area contributed by atoms with Crippen molar-refractivity contribution in [3.63, 3.8) is 0 Å². The van der Waals surface area contributed by atoms with Crippen molar-refractivity contribution in [2.75, 3.05) is 0 Å². The molecule has 2 aliphatic heterocycles. The molecule has 0 spiro atoms. The fraction of sp³-hybridized carbons (Fsp3) is 0.310. The molecule has 15 rings (SSSR count). The molecule has 0 saturated heterocycles. The average molecular weight is 1320 g/mol. The van der Waals surface area contributed by atoms with Gasteiger partial charge in [0, 0.05) is 14.9 Å². The molecule has 15 nitrogen and oxygen atoms in total. The maximum absolute atomic E-state index is 7.65. The van der Waals surface area contributed by atoms with Crippen molar-refractivity contribution in [2.24, 2.45) is 35.2 Å². The molecular formula is C84H100N15+5. The standard InChI is InChI=1S/2C18H20N3.2C16H22N3.C16H16N3/c2*1-13-9-14(2)11-16(10-13)18-19-12-21(20(18)4)17-8-6-5-7-15(17)3;2*1-11-8-7-9-12-13(11)19-14(17-10-18(19)6)16(4,5)15(12,2)3;1-13-8-6-7-11-15(13)19-12-17-16(18(19)2)14-9-4-3-5-10-14/h2*5-12H,1-4H3;2*7-10H,1-6H3;3-12H,1-2H3/q5*+1/i1D3;;;;. The number of para-hydroxylation sites is 5. The Morgan fingerprint density at radius 2 is 0.636 bits per heavy atom. The van der Waals surface area contributed by atoms with Crippen LogP contribution in [0.25, 0.3) is 62.6 Å². The fourth-order valence-electron chi connectivity index (χ4n) is 13.9. The lowest BCUT2D eigenvalue weighted by Gasteiger charge is -2.44. The van der Waals surface area contributed by atoms with Gasteiger partial charge >= 0.3 is 30.1 Å². The van der Waals surface area contributed by atoms with E-state index in [0.717, 1.165) is 74.0 Å². The molecule has 2 aliphatic rings. The maximum atomic E-state index is 7.65. The van der Waals surface area contributed by atoms with Crippen LogP contribution in [-0.2, 0) is 56.9 Å². The van der Waals surface area contributed by atoms with E-state index in [4.69, 9.17) is 4.11 Å². The second-order valence-corrected chi connectivity index (χ2v) is 28.8. The molecule has 7 heterocycles. The van der Waals surface area contributed by atoms with Gasteiger partial charge in [-0.1, -0.05) is 149 Å².